The molecule has 109 valence electrons. The van der Waals surface area contributed by atoms with E-state index in [0.29, 0.717) is 17.3 Å². The van der Waals surface area contributed by atoms with Gasteiger partial charge in [0, 0.05) is 18.5 Å². The minimum atomic E-state index is 0.415. The number of nitrogens with one attached hydrogen (secondary N) is 1. The highest BCUT2D eigenvalue weighted by Gasteiger charge is 2.06. The summed E-state index contributed by atoms with van der Waals surface area (Å²) in [6, 6.07) is 6.96. The molecular formula is C15H11N4O2S. The number of hydrogen-bond donors (Lipinski definition) is 1. The lowest BCUT2D eigenvalue weighted by atomic mass is 10.3. The molecule has 0 unspecified atom stereocenters. The third-order valence-electron chi connectivity index (χ3n) is 2.76. The zero-order chi connectivity index (χ0) is 15.4. The summed E-state index contributed by atoms with van der Waals surface area (Å²) in [6.07, 6.45) is 6.57. The van der Waals surface area contributed by atoms with Gasteiger partial charge in [0.05, 0.1) is 21.8 Å². The molecule has 3 rings (SSSR count). The molecule has 1 amide bonds. The van der Waals surface area contributed by atoms with Gasteiger partial charge in [-0.3, -0.25) is 9.78 Å². The average molecular weight is 311 g/mol. The van der Waals surface area contributed by atoms with E-state index in [2.05, 4.69) is 20.3 Å². The van der Waals surface area contributed by atoms with E-state index >= 15 is 0 Å². The van der Waals surface area contributed by atoms with Crippen LogP contribution < -0.4 is 10.1 Å². The molecule has 6 nitrogen and oxygen atoms in total. The van der Waals surface area contributed by atoms with Gasteiger partial charge in [0.25, 0.3) is 0 Å². The van der Waals surface area contributed by atoms with E-state index in [9.17, 15) is 4.79 Å². The highest BCUT2D eigenvalue weighted by molar-refractivity contribution is 7.15. The van der Waals surface area contributed by atoms with Crippen molar-refractivity contribution in [1.82, 2.24) is 15.0 Å². The van der Waals surface area contributed by atoms with Crippen LogP contribution in [0, 0.1) is 6.92 Å². The van der Waals surface area contributed by atoms with Gasteiger partial charge in [-0.1, -0.05) is 0 Å². The van der Waals surface area contributed by atoms with Gasteiger partial charge in [-0.05, 0) is 25.1 Å². The molecule has 0 atom stereocenters. The largest absolute Gasteiger partial charge is 0.456 e. The number of carbonyl (C=O) groups excluding carboxylic acids is 1. The van der Waals surface area contributed by atoms with E-state index in [1.807, 2.05) is 13.0 Å². The molecule has 1 N–H and O–H groups in total. The van der Waals surface area contributed by atoms with Crippen LogP contribution in [0.3, 0.4) is 0 Å². The molecule has 1 radical (unpaired) electrons. The van der Waals surface area contributed by atoms with Gasteiger partial charge in [0.1, 0.15) is 17.3 Å². The average Bonchev–Trinajstić information content (AvgIpc) is 2.97. The van der Waals surface area contributed by atoms with Gasteiger partial charge in [-0.25, -0.2) is 9.97 Å². The van der Waals surface area contributed by atoms with Crippen molar-refractivity contribution >= 4 is 23.6 Å². The molecule has 0 bridgehead atoms. The Morgan fingerprint density at radius 3 is 2.73 bits per heavy atom. The highest BCUT2D eigenvalue weighted by Crippen LogP contribution is 2.28. The predicted molar refractivity (Wildman–Crippen MR) is 83.7 cm³/mol. The summed E-state index contributed by atoms with van der Waals surface area (Å²) in [6.45, 7) is 1.95. The topological polar surface area (TPSA) is 77.0 Å². The molecule has 3 aromatic heterocycles. The summed E-state index contributed by atoms with van der Waals surface area (Å²) >= 11 is 1.58. The third kappa shape index (κ3) is 3.26. The molecular weight excluding hydrogens is 300 g/mol. The van der Waals surface area contributed by atoms with Gasteiger partial charge in [0.15, 0.2) is 0 Å². The number of nitrogens with zero attached hydrogens (tertiary/aromatic N) is 3. The number of hydrogen-bond acceptors (Lipinski definition) is 6. The molecule has 0 aliphatic rings. The van der Waals surface area contributed by atoms with Gasteiger partial charge in [0.2, 0.25) is 0 Å². The molecule has 0 saturated carbocycles. The number of thiazole rings is 1. The first-order chi connectivity index (χ1) is 10.7. The summed E-state index contributed by atoms with van der Waals surface area (Å²) in [5.41, 5.74) is 0.810. The maximum atomic E-state index is 10.2. The fourth-order valence-corrected chi connectivity index (χ4v) is 2.54. The summed E-state index contributed by atoms with van der Waals surface area (Å²) in [4.78, 5) is 23.8. The Labute approximate surface area is 130 Å². The van der Waals surface area contributed by atoms with Gasteiger partial charge in [-0.15, -0.1) is 11.3 Å². The van der Waals surface area contributed by atoms with E-state index in [4.69, 9.17) is 4.74 Å². The molecule has 0 saturated heterocycles. The molecule has 0 spiro atoms. The third-order valence-corrected chi connectivity index (χ3v) is 3.69. The zero-order valence-corrected chi connectivity index (χ0v) is 12.4. The van der Waals surface area contributed by atoms with Crippen LogP contribution in [0.2, 0.25) is 0 Å². The number of aromatic nitrogens is 3. The minimum absolute atomic E-state index is 0.415. The van der Waals surface area contributed by atoms with Crippen molar-refractivity contribution < 1.29 is 9.53 Å². The maximum absolute atomic E-state index is 10.2. The second kappa shape index (κ2) is 6.31. The van der Waals surface area contributed by atoms with E-state index in [0.717, 1.165) is 15.6 Å². The lowest BCUT2D eigenvalue weighted by Gasteiger charge is -2.06. The SMILES string of the molecule is Cc1ncc(-c2cc(Oc3ccc(N[C]=O)nc3)ccn2)s1. The van der Waals surface area contributed by atoms with Gasteiger partial charge in [-0.2, -0.15) is 0 Å². The molecule has 7 heteroatoms. The predicted octanol–water partition coefficient (Wildman–Crippen LogP) is 3.18. The first-order valence-electron chi connectivity index (χ1n) is 6.40. The van der Waals surface area contributed by atoms with Crippen LogP contribution in [0.15, 0.2) is 42.9 Å². The molecule has 22 heavy (non-hydrogen) atoms. The van der Waals surface area contributed by atoms with E-state index in [1.54, 1.807) is 48.3 Å². The number of amides is 1. The molecule has 0 aromatic carbocycles. The smallest absolute Gasteiger partial charge is 0.315 e. The Morgan fingerprint density at radius 1 is 1.14 bits per heavy atom. The normalized spacial score (nSPS) is 10.2. The van der Waals surface area contributed by atoms with Crippen LogP contribution in [-0.4, -0.2) is 21.4 Å². The Hall–Kier alpha value is -2.80. The Bertz CT molecular complexity index is 786. The number of pyridine rings is 2. The van der Waals surface area contributed by atoms with Gasteiger partial charge < -0.3 is 10.1 Å². The van der Waals surface area contributed by atoms with Crippen molar-refractivity contribution in [1.29, 1.82) is 0 Å². The summed E-state index contributed by atoms with van der Waals surface area (Å²) in [7, 11) is 0. The molecule has 0 aliphatic carbocycles. The quantitative estimate of drug-likeness (QED) is 0.732. The zero-order valence-electron chi connectivity index (χ0n) is 11.6. The van der Waals surface area contributed by atoms with Crippen LogP contribution in [0.25, 0.3) is 10.6 Å². The van der Waals surface area contributed by atoms with E-state index < -0.39 is 0 Å². The number of ether oxygens (including phenoxy) is 1. The van der Waals surface area contributed by atoms with Crippen molar-refractivity contribution in [3.63, 3.8) is 0 Å². The summed E-state index contributed by atoms with van der Waals surface area (Å²) in [5.74, 6) is 1.63. The molecule has 0 fully saturated rings. The van der Waals surface area contributed by atoms with Crippen molar-refractivity contribution in [3.05, 3.63) is 47.9 Å². The fraction of sp³-hybridized carbons (Fsp3) is 0.0667. The molecule has 3 heterocycles. The second-order valence-electron chi connectivity index (χ2n) is 4.33. The number of aryl methyl sites for hydroxylation is 1. The Kier molecular flexibility index (Phi) is 4.06. The van der Waals surface area contributed by atoms with Crippen molar-refractivity contribution in [3.8, 4) is 22.1 Å². The van der Waals surface area contributed by atoms with Crippen LogP contribution in [0.5, 0.6) is 11.5 Å². The monoisotopic (exact) mass is 311 g/mol. The Balaban J connectivity index is 1.79. The van der Waals surface area contributed by atoms with Crippen molar-refractivity contribution in [2.45, 2.75) is 6.92 Å². The van der Waals surface area contributed by atoms with Crippen LogP contribution in [0.4, 0.5) is 5.82 Å². The number of anilines is 1. The molecule has 3 aromatic rings. The fourth-order valence-electron chi connectivity index (χ4n) is 1.79. The van der Waals surface area contributed by atoms with Gasteiger partial charge >= 0.3 is 6.41 Å². The maximum Gasteiger partial charge on any atom is 0.315 e. The summed E-state index contributed by atoms with van der Waals surface area (Å²) in [5, 5.41) is 3.33. The highest BCUT2D eigenvalue weighted by atomic mass is 32.1. The number of rotatable bonds is 5. The second-order valence-corrected chi connectivity index (χ2v) is 5.56. The van der Waals surface area contributed by atoms with Crippen LogP contribution in [-0.2, 0) is 4.79 Å². The summed E-state index contributed by atoms with van der Waals surface area (Å²) < 4.78 is 5.74. The lowest BCUT2D eigenvalue weighted by molar-refractivity contribution is 0.480. The molecule has 0 aliphatic heterocycles. The lowest BCUT2D eigenvalue weighted by Crippen LogP contribution is -1.96. The Morgan fingerprint density at radius 2 is 2.05 bits per heavy atom. The van der Waals surface area contributed by atoms with E-state index in [-0.39, 0.29) is 0 Å². The van der Waals surface area contributed by atoms with Crippen LogP contribution in [0.1, 0.15) is 5.01 Å². The minimum Gasteiger partial charge on any atom is -0.456 e. The standard InChI is InChI=1S/C15H11N4O2S/c1-10-17-8-14(22-10)13-6-11(4-5-16-13)21-12-2-3-15(18-7-12)19-9-20/h2-8H,1H3,(H,18,19,20). The first kappa shape index (κ1) is 14.2. The van der Waals surface area contributed by atoms with Crippen molar-refractivity contribution in [2.24, 2.45) is 0 Å². The van der Waals surface area contributed by atoms with Crippen LogP contribution >= 0.6 is 11.3 Å². The van der Waals surface area contributed by atoms with Crippen molar-refractivity contribution in [2.75, 3.05) is 5.32 Å². The first-order valence-corrected chi connectivity index (χ1v) is 7.22. The van der Waals surface area contributed by atoms with E-state index in [1.165, 1.54) is 6.20 Å².